The van der Waals surface area contributed by atoms with Crippen molar-refractivity contribution in [1.82, 2.24) is 0 Å². The van der Waals surface area contributed by atoms with E-state index >= 15 is 0 Å². The van der Waals surface area contributed by atoms with E-state index in [9.17, 15) is 10.1 Å². The van der Waals surface area contributed by atoms with Crippen LogP contribution in [0.2, 0.25) is 0 Å². The number of hydrogen-bond donors (Lipinski definition) is 0. The zero-order chi connectivity index (χ0) is 14.2. The van der Waals surface area contributed by atoms with Crippen molar-refractivity contribution < 1.29 is 9.53 Å². The molecule has 0 radical (unpaired) electrons. The van der Waals surface area contributed by atoms with Gasteiger partial charge >= 0.3 is 5.97 Å². The van der Waals surface area contributed by atoms with Crippen molar-refractivity contribution in [3.8, 4) is 6.07 Å². The Hall–Kier alpha value is -1.82. The predicted octanol–water partition coefficient (Wildman–Crippen LogP) is 2.74. The van der Waals surface area contributed by atoms with Gasteiger partial charge < -0.3 is 4.74 Å². The van der Waals surface area contributed by atoms with E-state index in [1.807, 2.05) is 0 Å². The quantitative estimate of drug-likeness (QED) is 0.776. The molecule has 0 aliphatic heterocycles. The maximum absolute atomic E-state index is 12.1. The Morgan fingerprint density at radius 2 is 1.75 bits per heavy atom. The van der Waals surface area contributed by atoms with E-state index in [2.05, 4.69) is 18.2 Å². The third-order valence-corrected chi connectivity index (χ3v) is 4.53. The Kier molecular flexibility index (Phi) is 3.25. The number of aryl methyl sites for hydroxylation is 2. The lowest BCUT2D eigenvalue weighted by Crippen LogP contribution is -2.32. The van der Waals surface area contributed by atoms with Crippen molar-refractivity contribution in [3.63, 3.8) is 0 Å². The van der Waals surface area contributed by atoms with Gasteiger partial charge in [-0.3, -0.25) is 4.79 Å². The van der Waals surface area contributed by atoms with Crippen LogP contribution < -0.4 is 0 Å². The highest BCUT2D eigenvalue weighted by Crippen LogP contribution is 2.40. The Balaban J connectivity index is 1.95. The summed E-state index contributed by atoms with van der Waals surface area (Å²) in [5.74, 6) is -0.364. The van der Waals surface area contributed by atoms with Gasteiger partial charge in [-0.2, -0.15) is 5.26 Å². The molecule has 3 heteroatoms. The van der Waals surface area contributed by atoms with E-state index in [-0.39, 0.29) is 5.97 Å². The molecule has 0 bridgehead atoms. The number of carbonyl (C=O) groups is 1. The molecule has 1 aromatic rings. The van der Waals surface area contributed by atoms with E-state index in [1.54, 1.807) is 6.92 Å². The van der Waals surface area contributed by atoms with Crippen molar-refractivity contribution in [2.24, 2.45) is 5.41 Å². The van der Waals surface area contributed by atoms with Crippen molar-refractivity contribution in [2.75, 3.05) is 6.61 Å². The Morgan fingerprint density at radius 1 is 1.20 bits per heavy atom. The molecule has 3 nitrogen and oxygen atoms in total. The topological polar surface area (TPSA) is 50.1 Å². The number of esters is 1. The lowest BCUT2D eigenvalue weighted by Gasteiger charge is -2.17. The molecule has 20 heavy (non-hydrogen) atoms. The smallest absolute Gasteiger partial charge is 0.327 e. The summed E-state index contributed by atoms with van der Waals surface area (Å²) in [6.07, 6.45) is 5.75. The molecular weight excluding hydrogens is 250 g/mol. The van der Waals surface area contributed by atoms with Gasteiger partial charge in [0.25, 0.3) is 0 Å². The van der Waals surface area contributed by atoms with Gasteiger partial charge in [-0.1, -0.05) is 12.1 Å². The molecule has 0 aromatic heterocycles. The summed E-state index contributed by atoms with van der Waals surface area (Å²) in [7, 11) is 0. The van der Waals surface area contributed by atoms with Crippen molar-refractivity contribution >= 4 is 5.97 Å². The summed E-state index contributed by atoms with van der Waals surface area (Å²) >= 11 is 0. The lowest BCUT2D eigenvalue weighted by atomic mass is 9.86. The molecule has 1 aromatic carbocycles. The first-order chi connectivity index (χ1) is 9.68. The maximum atomic E-state index is 12.1. The van der Waals surface area contributed by atoms with Crippen LogP contribution in [-0.4, -0.2) is 12.6 Å². The average Bonchev–Trinajstić information content (AvgIpc) is 2.84. The SMILES string of the molecule is CCOC(=O)C1(C#N)Cc2cc3c(cc2C1)CCCC3. The van der Waals surface area contributed by atoms with Crippen LogP contribution in [0.4, 0.5) is 0 Å². The van der Waals surface area contributed by atoms with Gasteiger partial charge in [-0.25, -0.2) is 0 Å². The summed E-state index contributed by atoms with van der Waals surface area (Å²) in [6, 6.07) is 6.67. The van der Waals surface area contributed by atoms with E-state index in [1.165, 1.54) is 35.1 Å². The molecule has 0 fully saturated rings. The summed E-state index contributed by atoms with van der Waals surface area (Å²) in [5, 5.41) is 9.50. The van der Waals surface area contributed by atoms with Gasteiger partial charge in [0.1, 0.15) is 0 Å². The largest absolute Gasteiger partial charge is 0.465 e. The summed E-state index contributed by atoms with van der Waals surface area (Å²) in [4.78, 5) is 12.1. The third-order valence-electron chi connectivity index (χ3n) is 4.53. The van der Waals surface area contributed by atoms with E-state index in [4.69, 9.17) is 4.74 Å². The fourth-order valence-corrected chi connectivity index (χ4v) is 3.47. The number of nitriles is 1. The van der Waals surface area contributed by atoms with Gasteiger partial charge in [0.05, 0.1) is 12.7 Å². The second kappa shape index (κ2) is 4.94. The first-order valence-corrected chi connectivity index (χ1v) is 7.40. The van der Waals surface area contributed by atoms with Gasteiger partial charge in [0.15, 0.2) is 5.41 Å². The van der Waals surface area contributed by atoms with E-state index in [0.717, 1.165) is 12.8 Å². The number of fused-ring (bicyclic) bond motifs is 2. The number of ether oxygens (including phenoxy) is 1. The number of hydrogen-bond acceptors (Lipinski definition) is 3. The summed E-state index contributed by atoms with van der Waals surface area (Å²) in [6.45, 7) is 2.11. The highest BCUT2D eigenvalue weighted by atomic mass is 16.5. The van der Waals surface area contributed by atoms with Crippen LogP contribution in [0.3, 0.4) is 0 Å². The molecule has 2 aliphatic carbocycles. The fourth-order valence-electron chi connectivity index (χ4n) is 3.47. The predicted molar refractivity (Wildman–Crippen MR) is 75.2 cm³/mol. The van der Waals surface area contributed by atoms with Crippen LogP contribution in [0.25, 0.3) is 0 Å². The van der Waals surface area contributed by atoms with Gasteiger partial charge in [-0.15, -0.1) is 0 Å². The molecule has 0 saturated carbocycles. The number of carbonyl (C=O) groups excluding carboxylic acids is 1. The third kappa shape index (κ3) is 2.00. The first-order valence-electron chi connectivity index (χ1n) is 7.40. The lowest BCUT2D eigenvalue weighted by molar-refractivity contribution is -0.151. The molecule has 0 saturated heterocycles. The molecule has 0 spiro atoms. The van der Waals surface area contributed by atoms with E-state index in [0.29, 0.717) is 19.4 Å². The minimum absolute atomic E-state index is 0.328. The molecule has 0 amide bonds. The minimum Gasteiger partial charge on any atom is -0.465 e. The van der Waals surface area contributed by atoms with Crippen LogP contribution in [-0.2, 0) is 35.2 Å². The monoisotopic (exact) mass is 269 g/mol. The molecule has 0 unspecified atom stereocenters. The van der Waals surface area contributed by atoms with Gasteiger partial charge in [-0.05, 0) is 54.9 Å². The molecule has 104 valence electrons. The molecule has 0 atom stereocenters. The van der Waals surface area contributed by atoms with Crippen LogP contribution >= 0.6 is 0 Å². The van der Waals surface area contributed by atoms with Crippen LogP contribution in [0.5, 0.6) is 0 Å². The molecular formula is C17H19NO2. The zero-order valence-electron chi connectivity index (χ0n) is 11.9. The highest BCUT2D eigenvalue weighted by molar-refractivity contribution is 5.82. The van der Waals surface area contributed by atoms with Crippen molar-refractivity contribution in [2.45, 2.75) is 45.4 Å². The maximum Gasteiger partial charge on any atom is 0.327 e. The highest BCUT2D eigenvalue weighted by Gasteiger charge is 2.46. The first kappa shape index (κ1) is 13.2. The van der Waals surface area contributed by atoms with Crippen molar-refractivity contribution in [3.05, 3.63) is 34.4 Å². The van der Waals surface area contributed by atoms with Crippen LogP contribution in [0.1, 0.15) is 42.0 Å². The molecule has 2 aliphatic rings. The second-order valence-corrected chi connectivity index (χ2v) is 5.86. The van der Waals surface area contributed by atoms with Crippen LogP contribution in [0.15, 0.2) is 12.1 Å². The van der Waals surface area contributed by atoms with Crippen LogP contribution in [0, 0.1) is 16.7 Å². The zero-order valence-corrected chi connectivity index (χ0v) is 11.9. The minimum atomic E-state index is -0.998. The molecule has 0 N–H and O–H groups in total. The number of rotatable bonds is 2. The molecule has 3 rings (SSSR count). The Morgan fingerprint density at radius 3 is 2.20 bits per heavy atom. The second-order valence-electron chi connectivity index (χ2n) is 5.86. The van der Waals surface area contributed by atoms with Crippen molar-refractivity contribution in [1.29, 1.82) is 5.26 Å². The number of benzene rings is 1. The fraction of sp³-hybridized carbons (Fsp3) is 0.529. The molecule has 0 heterocycles. The average molecular weight is 269 g/mol. The van der Waals surface area contributed by atoms with E-state index < -0.39 is 5.41 Å². The standard InChI is InChI=1S/C17H19NO2/c1-2-20-16(19)17(11-18)9-14-7-12-5-3-4-6-13(12)8-15(14)10-17/h7-8H,2-6,9-10H2,1H3. The van der Waals surface area contributed by atoms with Gasteiger partial charge in [0, 0.05) is 12.8 Å². The summed E-state index contributed by atoms with van der Waals surface area (Å²) < 4.78 is 5.12. The summed E-state index contributed by atoms with van der Waals surface area (Å²) in [5.41, 5.74) is 4.16. The Bertz CT molecular complexity index is 563. The Labute approximate surface area is 119 Å². The normalized spacial score (nSPS) is 18.8. The number of nitrogens with zero attached hydrogens (tertiary/aromatic N) is 1. The van der Waals surface area contributed by atoms with Gasteiger partial charge in [0.2, 0.25) is 0 Å².